The molecule has 13 heavy (non-hydrogen) atoms. The van der Waals surface area contributed by atoms with Crippen molar-refractivity contribution in [2.75, 3.05) is 13.7 Å². The van der Waals surface area contributed by atoms with E-state index in [1.807, 2.05) is 6.07 Å². The van der Waals surface area contributed by atoms with Gasteiger partial charge in [0.2, 0.25) is 0 Å². The molecule has 1 rings (SSSR count). The van der Waals surface area contributed by atoms with Gasteiger partial charge < -0.3 is 10.5 Å². The lowest BCUT2D eigenvalue weighted by atomic mass is 10.1. The van der Waals surface area contributed by atoms with Crippen molar-refractivity contribution in [1.82, 2.24) is 0 Å². The van der Waals surface area contributed by atoms with Gasteiger partial charge >= 0.3 is 0 Å². The van der Waals surface area contributed by atoms with Gasteiger partial charge in [0, 0.05) is 5.02 Å². The molecule has 0 heterocycles. The van der Waals surface area contributed by atoms with Crippen LogP contribution in [-0.2, 0) is 6.42 Å². The molecule has 72 valence electrons. The molecular weight excluding hydrogens is 209 g/mol. The third kappa shape index (κ3) is 2.50. The summed E-state index contributed by atoms with van der Waals surface area (Å²) in [6.45, 7) is 0.549. The van der Waals surface area contributed by atoms with Crippen molar-refractivity contribution < 1.29 is 4.74 Å². The van der Waals surface area contributed by atoms with Crippen LogP contribution in [0.15, 0.2) is 12.1 Å². The lowest BCUT2D eigenvalue weighted by Crippen LogP contribution is -2.04. The molecule has 2 nitrogen and oxygen atoms in total. The van der Waals surface area contributed by atoms with E-state index in [4.69, 9.17) is 33.7 Å². The second kappa shape index (κ2) is 4.70. The van der Waals surface area contributed by atoms with Crippen molar-refractivity contribution in [3.8, 4) is 5.75 Å². The predicted molar refractivity (Wildman–Crippen MR) is 55.8 cm³/mol. The van der Waals surface area contributed by atoms with Crippen molar-refractivity contribution >= 4 is 23.2 Å². The highest BCUT2D eigenvalue weighted by atomic mass is 35.5. The predicted octanol–water partition coefficient (Wildman–Crippen LogP) is 2.50. The van der Waals surface area contributed by atoms with Gasteiger partial charge in [-0.05, 0) is 30.7 Å². The molecule has 0 aliphatic heterocycles. The molecule has 0 saturated carbocycles. The lowest BCUT2D eigenvalue weighted by molar-refractivity contribution is 0.410. The molecular formula is C9H11Cl2NO. The topological polar surface area (TPSA) is 35.2 Å². The Kier molecular flexibility index (Phi) is 3.85. The van der Waals surface area contributed by atoms with E-state index in [1.165, 1.54) is 0 Å². The van der Waals surface area contributed by atoms with E-state index in [-0.39, 0.29) is 0 Å². The maximum atomic E-state index is 5.92. The van der Waals surface area contributed by atoms with Crippen LogP contribution in [0.4, 0.5) is 0 Å². The van der Waals surface area contributed by atoms with Crippen LogP contribution in [0.3, 0.4) is 0 Å². The molecule has 4 heteroatoms. The molecule has 0 aliphatic carbocycles. The fourth-order valence-corrected chi connectivity index (χ4v) is 1.80. The Balaban J connectivity index is 3.13. The zero-order valence-electron chi connectivity index (χ0n) is 7.31. The molecule has 0 spiro atoms. The van der Waals surface area contributed by atoms with E-state index in [0.29, 0.717) is 28.8 Å². The third-order valence-electron chi connectivity index (χ3n) is 1.70. The van der Waals surface area contributed by atoms with Gasteiger partial charge in [-0.2, -0.15) is 0 Å². The number of methoxy groups -OCH3 is 1. The molecule has 0 aromatic heterocycles. The Morgan fingerprint density at radius 1 is 1.38 bits per heavy atom. The van der Waals surface area contributed by atoms with Gasteiger partial charge in [0.25, 0.3) is 0 Å². The summed E-state index contributed by atoms with van der Waals surface area (Å²) in [6.07, 6.45) is 0.712. The first-order valence-corrected chi connectivity index (χ1v) is 4.66. The summed E-state index contributed by atoms with van der Waals surface area (Å²) in [4.78, 5) is 0. The van der Waals surface area contributed by atoms with Crippen molar-refractivity contribution in [3.05, 3.63) is 27.7 Å². The van der Waals surface area contributed by atoms with Crippen molar-refractivity contribution in [1.29, 1.82) is 0 Å². The van der Waals surface area contributed by atoms with Gasteiger partial charge in [0.15, 0.2) is 0 Å². The summed E-state index contributed by atoms with van der Waals surface area (Å²) in [5.41, 5.74) is 6.39. The molecule has 0 radical (unpaired) electrons. The van der Waals surface area contributed by atoms with Gasteiger partial charge in [-0.1, -0.05) is 23.2 Å². The highest BCUT2D eigenvalue weighted by Gasteiger charge is 2.08. The fraction of sp³-hybridized carbons (Fsp3) is 0.333. The molecule has 1 aromatic rings. The zero-order valence-corrected chi connectivity index (χ0v) is 8.82. The first kappa shape index (κ1) is 10.6. The Bertz CT molecular complexity index is 302. The minimum absolute atomic E-state index is 0.526. The van der Waals surface area contributed by atoms with Crippen molar-refractivity contribution in [2.45, 2.75) is 6.42 Å². The third-order valence-corrected chi connectivity index (χ3v) is 2.20. The van der Waals surface area contributed by atoms with Crippen molar-refractivity contribution in [3.63, 3.8) is 0 Å². The Hall–Kier alpha value is -0.440. The van der Waals surface area contributed by atoms with Crippen LogP contribution in [0, 0.1) is 0 Å². The van der Waals surface area contributed by atoms with E-state index < -0.39 is 0 Å². The van der Waals surface area contributed by atoms with Crippen LogP contribution in [0.25, 0.3) is 0 Å². The minimum Gasteiger partial charge on any atom is -0.495 e. The second-order valence-electron chi connectivity index (χ2n) is 2.62. The number of hydrogen-bond acceptors (Lipinski definition) is 2. The van der Waals surface area contributed by atoms with Gasteiger partial charge in [0.05, 0.1) is 12.1 Å². The molecule has 0 saturated heterocycles. The highest BCUT2D eigenvalue weighted by molar-refractivity contribution is 6.35. The van der Waals surface area contributed by atoms with Gasteiger partial charge in [-0.25, -0.2) is 0 Å². The van der Waals surface area contributed by atoms with Crippen LogP contribution in [0.1, 0.15) is 5.56 Å². The highest BCUT2D eigenvalue weighted by Crippen LogP contribution is 2.32. The maximum Gasteiger partial charge on any atom is 0.140 e. The number of halogens is 2. The van der Waals surface area contributed by atoms with Gasteiger partial charge in [-0.15, -0.1) is 0 Å². The molecule has 0 aliphatic rings. The van der Waals surface area contributed by atoms with Crippen molar-refractivity contribution in [2.24, 2.45) is 5.73 Å². The Morgan fingerprint density at radius 2 is 2.08 bits per heavy atom. The minimum atomic E-state index is 0.526. The Labute approximate surface area is 87.6 Å². The number of hydrogen-bond donors (Lipinski definition) is 1. The van der Waals surface area contributed by atoms with Gasteiger partial charge in [0.1, 0.15) is 5.75 Å². The van der Waals surface area contributed by atoms with Crippen LogP contribution in [0.2, 0.25) is 10.0 Å². The molecule has 1 aromatic carbocycles. The second-order valence-corrected chi connectivity index (χ2v) is 3.46. The molecule has 0 bridgehead atoms. The summed E-state index contributed by atoms with van der Waals surface area (Å²) < 4.78 is 5.14. The largest absolute Gasteiger partial charge is 0.495 e. The summed E-state index contributed by atoms with van der Waals surface area (Å²) in [7, 11) is 1.58. The van der Waals surface area contributed by atoms with E-state index in [0.717, 1.165) is 5.56 Å². The number of nitrogens with two attached hydrogens (primary N) is 1. The van der Waals surface area contributed by atoms with Crippen LogP contribution in [0.5, 0.6) is 5.75 Å². The lowest BCUT2D eigenvalue weighted by Gasteiger charge is -2.09. The SMILES string of the molecule is COc1c(Cl)cc(Cl)cc1CCN. The van der Waals surface area contributed by atoms with Crippen LogP contribution in [-0.4, -0.2) is 13.7 Å². The first-order chi connectivity index (χ1) is 6.19. The van der Waals surface area contributed by atoms with E-state index in [9.17, 15) is 0 Å². The molecule has 0 amide bonds. The normalized spacial score (nSPS) is 10.2. The van der Waals surface area contributed by atoms with E-state index in [2.05, 4.69) is 0 Å². The fourth-order valence-electron chi connectivity index (χ4n) is 1.18. The van der Waals surface area contributed by atoms with Gasteiger partial charge in [-0.3, -0.25) is 0 Å². The number of rotatable bonds is 3. The zero-order chi connectivity index (χ0) is 9.84. The monoisotopic (exact) mass is 219 g/mol. The molecule has 2 N–H and O–H groups in total. The average Bonchev–Trinajstić information content (AvgIpc) is 2.04. The Morgan fingerprint density at radius 3 is 2.62 bits per heavy atom. The summed E-state index contributed by atoms with van der Waals surface area (Å²) in [6, 6.07) is 3.47. The summed E-state index contributed by atoms with van der Waals surface area (Å²) >= 11 is 11.8. The van der Waals surface area contributed by atoms with E-state index in [1.54, 1.807) is 13.2 Å². The first-order valence-electron chi connectivity index (χ1n) is 3.91. The number of benzene rings is 1. The summed E-state index contributed by atoms with van der Waals surface area (Å²) in [5.74, 6) is 0.663. The van der Waals surface area contributed by atoms with Crippen LogP contribution < -0.4 is 10.5 Å². The van der Waals surface area contributed by atoms with E-state index >= 15 is 0 Å². The molecule has 0 unspecified atom stereocenters. The van der Waals surface area contributed by atoms with Crippen LogP contribution >= 0.6 is 23.2 Å². The number of ether oxygens (including phenoxy) is 1. The maximum absolute atomic E-state index is 5.92. The molecule has 0 fully saturated rings. The standard InChI is InChI=1S/C9H11Cl2NO/c1-13-9-6(2-3-12)4-7(10)5-8(9)11/h4-5H,2-3,12H2,1H3. The average molecular weight is 220 g/mol. The summed E-state index contributed by atoms with van der Waals surface area (Å²) in [5, 5.41) is 1.13. The molecule has 0 atom stereocenters. The quantitative estimate of drug-likeness (QED) is 0.849. The smallest absolute Gasteiger partial charge is 0.140 e.